The van der Waals surface area contributed by atoms with Crippen LogP contribution in [-0.4, -0.2) is 10.5 Å². The Labute approximate surface area is 173 Å². The van der Waals surface area contributed by atoms with Gasteiger partial charge in [-0.05, 0) is 46.8 Å². The fraction of sp³-hybridized carbons (Fsp3) is 0.174. The highest BCUT2D eigenvalue weighted by Crippen LogP contribution is 2.14. The zero-order valence-electron chi connectivity index (χ0n) is 15.9. The standard InChI is InChI=1S/C23H22N2O3S/c26-23(22-9-2-10-25(22)15-21-8-4-12-29-21)24-14-18-5-1-6-19(13-18)16-27-17-20-7-3-11-28-20/h1-13H,14-17H2,(H,24,26). The molecule has 0 unspecified atom stereocenters. The zero-order chi connectivity index (χ0) is 19.9. The van der Waals surface area contributed by atoms with E-state index in [1.54, 1.807) is 17.6 Å². The first-order chi connectivity index (χ1) is 14.3. The Morgan fingerprint density at radius 2 is 1.97 bits per heavy atom. The van der Waals surface area contributed by atoms with Crippen LogP contribution in [0.1, 0.15) is 32.3 Å². The van der Waals surface area contributed by atoms with Gasteiger partial charge in [-0.2, -0.15) is 0 Å². The van der Waals surface area contributed by atoms with Gasteiger partial charge in [-0.3, -0.25) is 4.79 Å². The molecular weight excluding hydrogens is 384 g/mol. The number of nitrogens with one attached hydrogen (secondary N) is 1. The first kappa shape index (κ1) is 19.2. The van der Waals surface area contributed by atoms with Gasteiger partial charge in [0.1, 0.15) is 18.1 Å². The van der Waals surface area contributed by atoms with Crippen molar-refractivity contribution in [1.29, 1.82) is 0 Å². The molecule has 0 aliphatic rings. The largest absolute Gasteiger partial charge is 0.467 e. The van der Waals surface area contributed by atoms with E-state index in [-0.39, 0.29) is 5.91 Å². The van der Waals surface area contributed by atoms with Crippen LogP contribution >= 0.6 is 11.3 Å². The van der Waals surface area contributed by atoms with E-state index in [0.717, 1.165) is 16.9 Å². The van der Waals surface area contributed by atoms with Crippen LogP contribution in [0, 0.1) is 0 Å². The second kappa shape index (κ2) is 9.41. The van der Waals surface area contributed by atoms with Crippen molar-refractivity contribution >= 4 is 17.2 Å². The summed E-state index contributed by atoms with van der Waals surface area (Å²) < 4.78 is 12.9. The number of aromatic nitrogens is 1. The Morgan fingerprint density at radius 1 is 1.03 bits per heavy atom. The summed E-state index contributed by atoms with van der Waals surface area (Å²) in [7, 11) is 0. The van der Waals surface area contributed by atoms with E-state index in [1.165, 1.54) is 4.88 Å². The smallest absolute Gasteiger partial charge is 0.268 e. The molecule has 0 fully saturated rings. The molecule has 148 valence electrons. The maximum Gasteiger partial charge on any atom is 0.268 e. The summed E-state index contributed by atoms with van der Waals surface area (Å²) in [6, 6.07) is 19.6. The normalized spacial score (nSPS) is 10.9. The third kappa shape index (κ3) is 5.25. The molecule has 1 amide bonds. The fourth-order valence-corrected chi connectivity index (χ4v) is 3.80. The van der Waals surface area contributed by atoms with Crippen molar-refractivity contribution in [1.82, 2.24) is 9.88 Å². The second-order valence-corrected chi connectivity index (χ2v) is 7.71. The van der Waals surface area contributed by atoms with E-state index < -0.39 is 0 Å². The summed E-state index contributed by atoms with van der Waals surface area (Å²) in [5, 5.41) is 5.06. The van der Waals surface area contributed by atoms with E-state index in [4.69, 9.17) is 9.15 Å². The number of hydrogen-bond donors (Lipinski definition) is 1. The topological polar surface area (TPSA) is 56.4 Å². The number of amides is 1. The maximum atomic E-state index is 12.7. The third-order valence-corrected chi connectivity index (χ3v) is 5.37. The average Bonchev–Trinajstić information content (AvgIpc) is 3.50. The Morgan fingerprint density at radius 3 is 2.79 bits per heavy atom. The Kier molecular flexibility index (Phi) is 6.24. The second-order valence-electron chi connectivity index (χ2n) is 6.68. The number of rotatable bonds is 9. The molecular formula is C23H22N2O3S. The molecule has 0 bridgehead atoms. The van der Waals surface area contributed by atoms with Crippen LogP contribution in [0.5, 0.6) is 0 Å². The van der Waals surface area contributed by atoms with E-state index in [2.05, 4.69) is 11.4 Å². The van der Waals surface area contributed by atoms with Crippen molar-refractivity contribution in [2.45, 2.75) is 26.3 Å². The molecule has 1 aromatic carbocycles. The number of carbonyl (C=O) groups is 1. The van der Waals surface area contributed by atoms with Gasteiger partial charge >= 0.3 is 0 Å². The van der Waals surface area contributed by atoms with Crippen LogP contribution in [0.3, 0.4) is 0 Å². The third-order valence-electron chi connectivity index (χ3n) is 4.51. The molecule has 0 saturated heterocycles. The lowest BCUT2D eigenvalue weighted by molar-refractivity contribution is 0.0928. The van der Waals surface area contributed by atoms with Crippen LogP contribution in [0.15, 0.2) is 82.9 Å². The molecule has 0 aliphatic carbocycles. The van der Waals surface area contributed by atoms with Crippen LogP contribution in [0.25, 0.3) is 0 Å². The highest BCUT2D eigenvalue weighted by Gasteiger charge is 2.11. The summed E-state index contributed by atoms with van der Waals surface area (Å²) >= 11 is 1.69. The molecule has 0 aliphatic heterocycles. The van der Waals surface area contributed by atoms with Crippen molar-refractivity contribution in [2.75, 3.05) is 0 Å². The lowest BCUT2D eigenvalue weighted by atomic mass is 10.1. The predicted octanol–water partition coefficient (Wildman–Crippen LogP) is 4.84. The zero-order valence-corrected chi connectivity index (χ0v) is 16.7. The van der Waals surface area contributed by atoms with Crippen LogP contribution in [0.2, 0.25) is 0 Å². The van der Waals surface area contributed by atoms with Crippen LogP contribution < -0.4 is 5.32 Å². The van der Waals surface area contributed by atoms with Gasteiger partial charge in [0.15, 0.2) is 0 Å². The lowest BCUT2D eigenvalue weighted by Gasteiger charge is -2.10. The van der Waals surface area contributed by atoms with Gasteiger partial charge in [0.2, 0.25) is 0 Å². The van der Waals surface area contributed by atoms with E-state index in [0.29, 0.717) is 32.0 Å². The molecule has 4 aromatic rings. The number of benzene rings is 1. The molecule has 4 rings (SSSR count). The molecule has 6 heteroatoms. The maximum absolute atomic E-state index is 12.7. The average molecular weight is 407 g/mol. The fourth-order valence-electron chi connectivity index (χ4n) is 3.10. The molecule has 0 saturated carbocycles. The highest BCUT2D eigenvalue weighted by molar-refractivity contribution is 7.09. The minimum atomic E-state index is -0.0778. The van der Waals surface area contributed by atoms with Crippen molar-refractivity contribution in [3.63, 3.8) is 0 Å². The molecule has 3 aromatic heterocycles. The van der Waals surface area contributed by atoms with Gasteiger partial charge in [0.05, 0.1) is 19.4 Å². The van der Waals surface area contributed by atoms with Crippen molar-refractivity contribution < 1.29 is 13.9 Å². The van der Waals surface area contributed by atoms with E-state index in [9.17, 15) is 4.79 Å². The van der Waals surface area contributed by atoms with Crippen molar-refractivity contribution in [3.05, 3.63) is 106 Å². The first-order valence-electron chi connectivity index (χ1n) is 9.41. The molecule has 1 N–H and O–H groups in total. The van der Waals surface area contributed by atoms with E-state index in [1.807, 2.05) is 70.7 Å². The number of carbonyl (C=O) groups excluding carboxylic acids is 1. The summed E-state index contributed by atoms with van der Waals surface area (Å²) in [6.45, 7) is 2.10. The number of nitrogens with zero attached hydrogens (tertiary/aromatic N) is 1. The Bertz CT molecular complexity index is 1040. The Balaban J connectivity index is 1.31. The molecule has 0 atom stereocenters. The Hall–Kier alpha value is -3.09. The summed E-state index contributed by atoms with van der Waals surface area (Å²) in [6.07, 6.45) is 3.57. The summed E-state index contributed by atoms with van der Waals surface area (Å²) in [4.78, 5) is 13.9. The highest BCUT2D eigenvalue weighted by atomic mass is 32.1. The van der Waals surface area contributed by atoms with Crippen molar-refractivity contribution in [3.8, 4) is 0 Å². The van der Waals surface area contributed by atoms with Gasteiger partial charge in [-0.25, -0.2) is 0 Å². The molecule has 5 nitrogen and oxygen atoms in total. The van der Waals surface area contributed by atoms with Gasteiger partial charge < -0.3 is 19.0 Å². The monoisotopic (exact) mass is 406 g/mol. The SMILES string of the molecule is O=C(NCc1cccc(COCc2ccco2)c1)c1cccn1Cc1cccs1. The van der Waals surface area contributed by atoms with Gasteiger partial charge in [0.25, 0.3) is 5.91 Å². The van der Waals surface area contributed by atoms with Gasteiger partial charge in [-0.15, -0.1) is 11.3 Å². The number of furan rings is 1. The number of ether oxygens (including phenoxy) is 1. The molecule has 0 radical (unpaired) electrons. The summed E-state index contributed by atoms with van der Waals surface area (Å²) in [5.74, 6) is 0.727. The minimum absolute atomic E-state index is 0.0778. The predicted molar refractivity (Wildman–Crippen MR) is 113 cm³/mol. The number of thiophene rings is 1. The lowest BCUT2D eigenvalue weighted by Crippen LogP contribution is -2.25. The number of hydrogen-bond acceptors (Lipinski definition) is 4. The molecule has 0 spiro atoms. The van der Waals surface area contributed by atoms with Crippen LogP contribution in [0.4, 0.5) is 0 Å². The van der Waals surface area contributed by atoms with Crippen LogP contribution in [-0.2, 0) is 31.0 Å². The molecule has 3 heterocycles. The van der Waals surface area contributed by atoms with Gasteiger partial charge in [0, 0.05) is 17.6 Å². The minimum Gasteiger partial charge on any atom is -0.467 e. The quantitative estimate of drug-likeness (QED) is 0.433. The van der Waals surface area contributed by atoms with E-state index >= 15 is 0 Å². The van der Waals surface area contributed by atoms with Gasteiger partial charge in [-0.1, -0.05) is 30.3 Å². The first-order valence-corrected chi connectivity index (χ1v) is 10.3. The summed E-state index contributed by atoms with van der Waals surface area (Å²) in [5.41, 5.74) is 2.76. The van der Waals surface area contributed by atoms with Crippen molar-refractivity contribution in [2.24, 2.45) is 0 Å². The molecule has 29 heavy (non-hydrogen) atoms.